The molecule has 2 aromatic carbocycles. The zero-order valence-electron chi connectivity index (χ0n) is 17.3. The van der Waals surface area contributed by atoms with Gasteiger partial charge >= 0.3 is 0 Å². The quantitative estimate of drug-likeness (QED) is 0.782. The van der Waals surface area contributed by atoms with Gasteiger partial charge in [-0.25, -0.2) is 0 Å². The molecule has 154 valence electrons. The summed E-state index contributed by atoms with van der Waals surface area (Å²) in [7, 11) is 0. The smallest absolute Gasteiger partial charge is 0.260 e. The molecule has 5 heteroatoms. The molecule has 2 fully saturated rings. The normalized spacial score (nSPS) is 20.5. The number of piperidine rings is 1. The number of hydrogen-bond donors (Lipinski definition) is 0. The van der Waals surface area contributed by atoms with Gasteiger partial charge in [0.15, 0.2) is 6.61 Å². The van der Waals surface area contributed by atoms with Crippen molar-refractivity contribution in [3.8, 4) is 5.75 Å². The van der Waals surface area contributed by atoms with Crippen molar-refractivity contribution in [1.29, 1.82) is 0 Å². The topological polar surface area (TPSA) is 36.0 Å². The van der Waals surface area contributed by atoms with Crippen LogP contribution in [-0.2, 0) is 4.79 Å². The Balaban J connectivity index is 1.28. The Morgan fingerprint density at radius 2 is 1.69 bits per heavy atom. The lowest BCUT2D eigenvalue weighted by molar-refractivity contribution is -0.135. The van der Waals surface area contributed by atoms with E-state index >= 15 is 0 Å². The van der Waals surface area contributed by atoms with E-state index in [0.717, 1.165) is 51.4 Å². The van der Waals surface area contributed by atoms with Crippen LogP contribution < -0.4 is 9.64 Å². The third kappa shape index (κ3) is 4.91. The predicted octanol–water partition coefficient (Wildman–Crippen LogP) is 3.19. The summed E-state index contributed by atoms with van der Waals surface area (Å²) in [5, 5.41) is 0. The van der Waals surface area contributed by atoms with Gasteiger partial charge in [0.1, 0.15) is 5.75 Å². The number of benzene rings is 2. The lowest BCUT2D eigenvalue weighted by Crippen LogP contribution is -2.56. The van der Waals surface area contributed by atoms with Crippen LogP contribution in [0.25, 0.3) is 0 Å². The molecule has 2 saturated heterocycles. The predicted molar refractivity (Wildman–Crippen MR) is 117 cm³/mol. The number of piperazine rings is 1. The molecule has 0 saturated carbocycles. The minimum absolute atomic E-state index is 0.0945. The summed E-state index contributed by atoms with van der Waals surface area (Å²) < 4.78 is 5.66. The first-order valence-electron chi connectivity index (χ1n) is 10.7. The Bertz CT molecular complexity index is 803. The first-order valence-corrected chi connectivity index (χ1v) is 10.7. The molecule has 2 aliphatic heterocycles. The highest BCUT2D eigenvalue weighted by Gasteiger charge is 2.30. The van der Waals surface area contributed by atoms with E-state index in [1.807, 2.05) is 35.2 Å². The second-order valence-electron chi connectivity index (χ2n) is 8.05. The fourth-order valence-electron chi connectivity index (χ4n) is 4.48. The standard InChI is InChI=1S/C24H31N3O2/c1-20-8-5-6-12-23(20)26-16-14-25(15-17-26)21-9-7-13-27(18-21)24(28)19-29-22-10-3-2-4-11-22/h2-6,8,10-12,21H,7,9,13-19H2,1H3/t21-/m0/s1. The van der Waals surface area contributed by atoms with Crippen molar-refractivity contribution in [2.45, 2.75) is 25.8 Å². The van der Waals surface area contributed by atoms with E-state index in [0.29, 0.717) is 6.04 Å². The summed E-state index contributed by atoms with van der Waals surface area (Å²) in [5.74, 6) is 0.846. The van der Waals surface area contributed by atoms with Gasteiger partial charge < -0.3 is 14.5 Å². The molecule has 0 spiro atoms. The largest absolute Gasteiger partial charge is 0.484 e. The van der Waals surface area contributed by atoms with Gasteiger partial charge in [-0.1, -0.05) is 36.4 Å². The number of carbonyl (C=O) groups is 1. The van der Waals surface area contributed by atoms with E-state index in [1.165, 1.54) is 17.7 Å². The highest BCUT2D eigenvalue weighted by Crippen LogP contribution is 2.23. The van der Waals surface area contributed by atoms with Crippen molar-refractivity contribution in [3.63, 3.8) is 0 Å². The third-order valence-electron chi connectivity index (χ3n) is 6.14. The highest BCUT2D eigenvalue weighted by molar-refractivity contribution is 5.78. The van der Waals surface area contributed by atoms with Crippen LogP contribution in [0.5, 0.6) is 5.75 Å². The fourth-order valence-corrected chi connectivity index (χ4v) is 4.48. The Kier molecular flexibility index (Phi) is 6.35. The molecule has 2 aromatic rings. The van der Waals surface area contributed by atoms with Crippen molar-refractivity contribution in [2.75, 3.05) is 50.8 Å². The van der Waals surface area contributed by atoms with Gasteiger partial charge in [-0.05, 0) is 43.5 Å². The molecule has 2 aliphatic rings. The van der Waals surface area contributed by atoms with Crippen LogP contribution in [0.3, 0.4) is 0 Å². The van der Waals surface area contributed by atoms with Crippen LogP contribution in [0.2, 0.25) is 0 Å². The number of likely N-dealkylation sites (tertiary alicyclic amines) is 1. The average molecular weight is 394 g/mol. The first-order chi connectivity index (χ1) is 14.2. The molecule has 0 unspecified atom stereocenters. The van der Waals surface area contributed by atoms with E-state index in [9.17, 15) is 4.79 Å². The average Bonchev–Trinajstić information content (AvgIpc) is 2.79. The number of hydrogen-bond acceptors (Lipinski definition) is 4. The van der Waals surface area contributed by atoms with E-state index in [-0.39, 0.29) is 12.5 Å². The van der Waals surface area contributed by atoms with Crippen LogP contribution >= 0.6 is 0 Å². The number of carbonyl (C=O) groups excluding carboxylic acids is 1. The van der Waals surface area contributed by atoms with Crippen molar-refractivity contribution in [2.24, 2.45) is 0 Å². The molecule has 0 N–H and O–H groups in total. The monoisotopic (exact) mass is 393 g/mol. The zero-order valence-corrected chi connectivity index (χ0v) is 17.3. The molecular formula is C24H31N3O2. The SMILES string of the molecule is Cc1ccccc1N1CCN([C@H]2CCCN(C(=O)COc3ccccc3)C2)CC1. The summed E-state index contributed by atoms with van der Waals surface area (Å²) in [4.78, 5) is 19.7. The minimum atomic E-state index is 0.0945. The number of rotatable bonds is 5. The lowest BCUT2D eigenvalue weighted by atomic mass is 10.0. The first kappa shape index (κ1) is 19.8. The van der Waals surface area contributed by atoms with Crippen LogP contribution in [0, 0.1) is 6.92 Å². The maximum Gasteiger partial charge on any atom is 0.260 e. The molecular weight excluding hydrogens is 362 g/mol. The molecule has 0 radical (unpaired) electrons. The van der Waals surface area contributed by atoms with Crippen LogP contribution in [0.15, 0.2) is 54.6 Å². The molecule has 4 rings (SSSR count). The van der Waals surface area contributed by atoms with Crippen molar-refractivity contribution in [1.82, 2.24) is 9.80 Å². The van der Waals surface area contributed by atoms with Gasteiger partial charge in [0.05, 0.1) is 0 Å². The van der Waals surface area contributed by atoms with Gasteiger partial charge in [0, 0.05) is 51.0 Å². The number of anilines is 1. The number of para-hydroxylation sites is 2. The summed E-state index contributed by atoms with van der Waals surface area (Å²) >= 11 is 0. The molecule has 0 aliphatic carbocycles. The van der Waals surface area contributed by atoms with E-state index in [4.69, 9.17) is 4.74 Å². The highest BCUT2D eigenvalue weighted by atomic mass is 16.5. The van der Waals surface area contributed by atoms with Crippen molar-refractivity contribution in [3.05, 3.63) is 60.2 Å². The molecule has 1 atom stereocenters. The van der Waals surface area contributed by atoms with Crippen LogP contribution in [0.4, 0.5) is 5.69 Å². The Morgan fingerprint density at radius 1 is 0.966 bits per heavy atom. The summed E-state index contributed by atoms with van der Waals surface area (Å²) in [6.07, 6.45) is 2.24. The third-order valence-corrected chi connectivity index (χ3v) is 6.14. The van der Waals surface area contributed by atoms with Gasteiger partial charge in [0.2, 0.25) is 0 Å². The number of ether oxygens (including phenoxy) is 1. The number of nitrogens with zero attached hydrogens (tertiary/aromatic N) is 3. The van der Waals surface area contributed by atoms with E-state index in [1.54, 1.807) is 0 Å². The Labute approximate surface area is 173 Å². The van der Waals surface area contributed by atoms with Crippen LogP contribution in [-0.4, -0.2) is 67.6 Å². The minimum Gasteiger partial charge on any atom is -0.484 e. The van der Waals surface area contributed by atoms with Crippen molar-refractivity contribution < 1.29 is 9.53 Å². The Hall–Kier alpha value is -2.53. The number of amides is 1. The van der Waals surface area contributed by atoms with Gasteiger partial charge in [-0.15, -0.1) is 0 Å². The fraction of sp³-hybridized carbons (Fsp3) is 0.458. The van der Waals surface area contributed by atoms with Gasteiger partial charge in [0.25, 0.3) is 5.91 Å². The molecule has 0 bridgehead atoms. The van der Waals surface area contributed by atoms with Crippen molar-refractivity contribution >= 4 is 11.6 Å². The summed E-state index contributed by atoms with van der Waals surface area (Å²) in [5.41, 5.74) is 2.69. The Morgan fingerprint density at radius 3 is 2.45 bits per heavy atom. The summed E-state index contributed by atoms with van der Waals surface area (Å²) in [6.45, 7) is 8.18. The summed E-state index contributed by atoms with van der Waals surface area (Å²) in [6, 6.07) is 18.7. The van der Waals surface area contributed by atoms with Gasteiger partial charge in [-0.2, -0.15) is 0 Å². The maximum absolute atomic E-state index is 12.6. The van der Waals surface area contributed by atoms with Gasteiger partial charge in [-0.3, -0.25) is 9.69 Å². The maximum atomic E-state index is 12.6. The second-order valence-corrected chi connectivity index (χ2v) is 8.05. The van der Waals surface area contributed by atoms with E-state index in [2.05, 4.69) is 41.0 Å². The van der Waals surface area contributed by atoms with E-state index < -0.39 is 0 Å². The number of aryl methyl sites for hydroxylation is 1. The second kappa shape index (κ2) is 9.31. The lowest BCUT2D eigenvalue weighted by Gasteiger charge is -2.44. The molecule has 0 aromatic heterocycles. The molecule has 1 amide bonds. The molecule has 5 nitrogen and oxygen atoms in total. The molecule has 29 heavy (non-hydrogen) atoms. The van der Waals surface area contributed by atoms with Crippen LogP contribution in [0.1, 0.15) is 18.4 Å². The zero-order chi connectivity index (χ0) is 20.1. The molecule has 2 heterocycles.